The number of hydrogen-bond acceptors (Lipinski definition) is 2. The summed E-state index contributed by atoms with van der Waals surface area (Å²) in [7, 11) is 0. The van der Waals surface area contributed by atoms with Gasteiger partial charge in [-0.15, -0.1) is 0 Å². The molecule has 68 valence electrons. The van der Waals surface area contributed by atoms with E-state index in [-0.39, 0.29) is 11.4 Å². The van der Waals surface area contributed by atoms with Gasteiger partial charge < -0.3 is 4.98 Å². The van der Waals surface area contributed by atoms with E-state index in [1.807, 2.05) is 0 Å². The van der Waals surface area contributed by atoms with Crippen molar-refractivity contribution >= 4 is 22.3 Å². The first-order valence-corrected chi connectivity index (χ1v) is 3.85. The molecule has 0 aliphatic carbocycles. The van der Waals surface area contributed by atoms with Crippen molar-refractivity contribution in [3.63, 3.8) is 0 Å². The first-order chi connectivity index (χ1) is 6.72. The number of nitro groups is 1. The number of aromatic amines is 1. The van der Waals surface area contributed by atoms with Crippen LogP contribution in [0.4, 0.5) is 11.4 Å². The summed E-state index contributed by atoms with van der Waals surface area (Å²) in [6.07, 6.45) is 1.62. The normalized spacial score (nSPS) is 9.93. The van der Waals surface area contributed by atoms with Crippen LogP contribution in [0.2, 0.25) is 0 Å². The molecule has 0 spiro atoms. The summed E-state index contributed by atoms with van der Waals surface area (Å²) in [6.45, 7) is 6.80. The summed E-state index contributed by atoms with van der Waals surface area (Å²) < 4.78 is 0. The zero-order valence-electron chi connectivity index (χ0n) is 7.02. The molecule has 0 fully saturated rings. The van der Waals surface area contributed by atoms with Crippen molar-refractivity contribution < 1.29 is 4.92 Å². The Morgan fingerprint density at radius 3 is 2.93 bits per heavy atom. The third-order valence-electron chi connectivity index (χ3n) is 1.96. The topological polar surface area (TPSA) is 63.3 Å². The molecule has 0 bridgehead atoms. The number of benzene rings is 1. The standard InChI is InChI=1S/C9H5N3O2/c1-10-6-4-8-7(2-3-11-8)9(5-6)12(13)14/h2-5,11H. The molecule has 0 aliphatic heterocycles. The van der Waals surface area contributed by atoms with Crippen LogP contribution in [-0.4, -0.2) is 9.91 Å². The molecule has 0 unspecified atom stereocenters. The Balaban J connectivity index is 2.85. The molecule has 0 radical (unpaired) electrons. The summed E-state index contributed by atoms with van der Waals surface area (Å²) in [5.74, 6) is 0. The van der Waals surface area contributed by atoms with Crippen LogP contribution < -0.4 is 0 Å². The lowest BCUT2D eigenvalue weighted by molar-refractivity contribution is -0.383. The van der Waals surface area contributed by atoms with Crippen molar-refractivity contribution in [3.05, 3.63) is 45.9 Å². The maximum Gasteiger partial charge on any atom is 0.268 e. The van der Waals surface area contributed by atoms with Crippen LogP contribution in [0.1, 0.15) is 0 Å². The maximum absolute atomic E-state index is 10.7. The van der Waals surface area contributed by atoms with E-state index in [0.29, 0.717) is 10.9 Å². The molecule has 5 nitrogen and oxygen atoms in total. The molecule has 5 heteroatoms. The van der Waals surface area contributed by atoms with E-state index in [2.05, 4.69) is 9.83 Å². The number of hydrogen-bond donors (Lipinski definition) is 1. The minimum Gasteiger partial charge on any atom is -0.362 e. The molecule has 1 heterocycles. The van der Waals surface area contributed by atoms with Gasteiger partial charge >= 0.3 is 0 Å². The number of aromatic nitrogens is 1. The predicted molar refractivity (Wildman–Crippen MR) is 51.2 cm³/mol. The molecule has 0 amide bonds. The van der Waals surface area contributed by atoms with Gasteiger partial charge in [-0.1, -0.05) is 0 Å². The molecule has 0 saturated carbocycles. The first-order valence-electron chi connectivity index (χ1n) is 3.85. The summed E-state index contributed by atoms with van der Waals surface area (Å²) in [6, 6.07) is 4.50. The lowest BCUT2D eigenvalue weighted by Crippen LogP contribution is -1.87. The largest absolute Gasteiger partial charge is 0.362 e. The van der Waals surface area contributed by atoms with Crippen LogP contribution in [0.5, 0.6) is 0 Å². The number of fused-ring (bicyclic) bond motifs is 1. The van der Waals surface area contributed by atoms with Gasteiger partial charge in [-0.05, 0) is 12.1 Å². The Hall–Kier alpha value is -2.35. The van der Waals surface area contributed by atoms with E-state index in [4.69, 9.17) is 6.57 Å². The van der Waals surface area contributed by atoms with Gasteiger partial charge in [0.05, 0.1) is 16.9 Å². The van der Waals surface area contributed by atoms with Gasteiger partial charge in [-0.3, -0.25) is 10.1 Å². The SMILES string of the molecule is [C-]#[N+]c1cc([N+](=O)[O-])c2cc[nH]c2c1. The van der Waals surface area contributed by atoms with Crippen molar-refractivity contribution in [1.82, 2.24) is 4.98 Å². The van der Waals surface area contributed by atoms with Crippen LogP contribution in [-0.2, 0) is 0 Å². The van der Waals surface area contributed by atoms with Crippen molar-refractivity contribution in [2.24, 2.45) is 0 Å². The molecule has 0 atom stereocenters. The third-order valence-corrected chi connectivity index (χ3v) is 1.96. The van der Waals surface area contributed by atoms with Crippen LogP contribution >= 0.6 is 0 Å². The van der Waals surface area contributed by atoms with Crippen LogP contribution in [0, 0.1) is 16.7 Å². The first kappa shape index (κ1) is 8.26. The second-order valence-corrected chi connectivity index (χ2v) is 2.77. The monoisotopic (exact) mass is 187 g/mol. The third kappa shape index (κ3) is 1.10. The summed E-state index contributed by atoms with van der Waals surface area (Å²) >= 11 is 0. The second-order valence-electron chi connectivity index (χ2n) is 2.77. The minimum absolute atomic E-state index is 0.0326. The number of nitro benzene ring substituents is 1. The fourth-order valence-corrected chi connectivity index (χ4v) is 1.35. The van der Waals surface area contributed by atoms with Crippen molar-refractivity contribution in [1.29, 1.82) is 0 Å². The van der Waals surface area contributed by atoms with Gasteiger partial charge in [0, 0.05) is 17.8 Å². The van der Waals surface area contributed by atoms with E-state index in [1.54, 1.807) is 18.3 Å². The zero-order valence-corrected chi connectivity index (χ0v) is 7.02. The van der Waals surface area contributed by atoms with Gasteiger partial charge in [0.1, 0.15) is 0 Å². The Bertz CT molecular complexity index is 551. The van der Waals surface area contributed by atoms with Gasteiger partial charge in [0.2, 0.25) is 0 Å². The number of nitrogens with one attached hydrogen (secondary N) is 1. The van der Waals surface area contributed by atoms with E-state index >= 15 is 0 Å². The predicted octanol–water partition coefficient (Wildman–Crippen LogP) is 2.63. The summed E-state index contributed by atoms with van der Waals surface area (Å²) in [5, 5.41) is 11.2. The van der Waals surface area contributed by atoms with E-state index in [1.165, 1.54) is 6.07 Å². The number of nitrogens with zero attached hydrogens (tertiary/aromatic N) is 2. The highest BCUT2D eigenvalue weighted by Gasteiger charge is 2.13. The average Bonchev–Trinajstić information content (AvgIpc) is 2.63. The molecule has 1 N–H and O–H groups in total. The van der Waals surface area contributed by atoms with Gasteiger partial charge in [0.25, 0.3) is 5.69 Å². The molecule has 0 saturated heterocycles. The maximum atomic E-state index is 10.7. The van der Waals surface area contributed by atoms with Crippen LogP contribution in [0.15, 0.2) is 24.4 Å². The highest BCUT2D eigenvalue weighted by molar-refractivity contribution is 5.91. The fourth-order valence-electron chi connectivity index (χ4n) is 1.35. The van der Waals surface area contributed by atoms with E-state index in [0.717, 1.165) is 0 Å². The molecule has 14 heavy (non-hydrogen) atoms. The smallest absolute Gasteiger partial charge is 0.268 e. The second kappa shape index (κ2) is 2.85. The van der Waals surface area contributed by atoms with Crippen LogP contribution in [0.3, 0.4) is 0 Å². The Morgan fingerprint density at radius 2 is 2.29 bits per heavy atom. The van der Waals surface area contributed by atoms with Gasteiger partial charge in [-0.25, -0.2) is 4.85 Å². The number of rotatable bonds is 1. The lowest BCUT2D eigenvalue weighted by Gasteiger charge is -1.95. The highest BCUT2D eigenvalue weighted by atomic mass is 16.6. The lowest BCUT2D eigenvalue weighted by atomic mass is 10.2. The van der Waals surface area contributed by atoms with E-state index < -0.39 is 4.92 Å². The fraction of sp³-hybridized carbons (Fsp3) is 0. The molecular weight excluding hydrogens is 182 g/mol. The van der Waals surface area contributed by atoms with Crippen molar-refractivity contribution in [3.8, 4) is 0 Å². The molecule has 2 aromatic rings. The molecule has 2 rings (SSSR count). The quantitative estimate of drug-likeness (QED) is 0.423. The minimum atomic E-state index is -0.481. The van der Waals surface area contributed by atoms with Gasteiger partial charge in [-0.2, -0.15) is 0 Å². The van der Waals surface area contributed by atoms with Crippen molar-refractivity contribution in [2.75, 3.05) is 0 Å². The molecule has 1 aromatic carbocycles. The Labute approximate surface area is 78.9 Å². The molecule has 1 aromatic heterocycles. The van der Waals surface area contributed by atoms with E-state index in [9.17, 15) is 10.1 Å². The average molecular weight is 187 g/mol. The molecule has 0 aliphatic rings. The zero-order chi connectivity index (χ0) is 10.1. The molecular formula is C9H5N3O2. The highest BCUT2D eigenvalue weighted by Crippen LogP contribution is 2.30. The number of H-pyrrole nitrogens is 1. The van der Waals surface area contributed by atoms with Gasteiger partial charge in [0.15, 0.2) is 5.69 Å². The van der Waals surface area contributed by atoms with Crippen molar-refractivity contribution in [2.45, 2.75) is 0 Å². The number of non-ortho nitro benzene ring substituents is 1. The Morgan fingerprint density at radius 1 is 1.50 bits per heavy atom. The summed E-state index contributed by atoms with van der Waals surface area (Å²) in [5.41, 5.74) is 0.853. The van der Waals surface area contributed by atoms with Crippen LogP contribution in [0.25, 0.3) is 15.7 Å². The Kier molecular flexibility index (Phi) is 1.68. The summed E-state index contributed by atoms with van der Waals surface area (Å²) in [4.78, 5) is 16.2.